The average Bonchev–Trinajstić information content (AvgIpc) is 3.26. The zero-order valence-corrected chi connectivity index (χ0v) is 17.4. The van der Waals surface area contributed by atoms with Gasteiger partial charge in [0.1, 0.15) is 5.54 Å². The van der Waals surface area contributed by atoms with E-state index in [2.05, 4.69) is 26.1 Å². The maximum absolute atomic E-state index is 11.9. The molecule has 0 spiro atoms. The van der Waals surface area contributed by atoms with Crippen LogP contribution in [0.1, 0.15) is 52.9 Å². The second-order valence-corrected chi connectivity index (χ2v) is 11.1. The number of carbonyl (C=O) groups is 1. The lowest BCUT2D eigenvalue weighted by molar-refractivity contribution is -0.199. The van der Waals surface area contributed by atoms with Gasteiger partial charge in [-0.2, -0.15) is 0 Å². The molecule has 0 aromatic rings. The Bertz CT molecular complexity index is 675. The SMILES string of the molecule is CC1(C)[C@H]2C[C@@H]3OB(CCC[C@H]4[C@@H]5CNC[C@@H]5C[C@@]4(N)C(=O)O)O[C@]3(C)[C@@H]1C2. The van der Waals surface area contributed by atoms with E-state index in [1.54, 1.807) is 0 Å². The van der Waals surface area contributed by atoms with Gasteiger partial charge < -0.3 is 25.5 Å². The first-order valence-corrected chi connectivity index (χ1v) is 11.2. The predicted molar refractivity (Wildman–Crippen MR) is 107 cm³/mol. The summed E-state index contributed by atoms with van der Waals surface area (Å²) in [5.74, 6) is 1.34. The Morgan fingerprint density at radius 2 is 2.07 bits per heavy atom. The van der Waals surface area contributed by atoms with E-state index >= 15 is 0 Å². The highest BCUT2D eigenvalue weighted by Crippen LogP contribution is 2.65. The molecule has 7 heteroatoms. The van der Waals surface area contributed by atoms with Crippen LogP contribution in [0.5, 0.6) is 0 Å². The van der Waals surface area contributed by atoms with Gasteiger partial charge in [-0.05, 0) is 87.0 Å². The second-order valence-electron chi connectivity index (χ2n) is 11.1. The number of nitrogens with one attached hydrogen (secondary N) is 1. The number of carboxylic acid groups (broad SMARTS) is 1. The van der Waals surface area contributed by atoms with E-state index < -0.39 is 11.5 Å². The van der Waals surface area contributed by atoms with E-state index in [0.717, 1.165) is 44.6 Å². The molecular weight excluding hydrogens is 355 g/mol. The molecule has 0 aromatic carbocycles. The molecule has 2 heterocycles. The molecule has 4 aliphatic carbocycles. The quantitative estimate of drug-likeness (QED) is 0.623. The Morgan fingerprint density at radius 1 is 1.29 bits per heavy atom. The van der Waals surface area contributed by atoms with Crippen molar-refractivity contribution in [2.24, 2.45) is 40.7 Å². The third-order valence-corrected chi connectivity index (χ3v) is 9.53. The minimum absolute atomic E-state index is 0.0380. The van der Waals surface area contributed by atoms with Crippen LogP contribution in [0, 0.1) is 35.0 Å². The lowest BCUT2D eigenvalue weighted by Crippen LogP contribution is -2.65. The lowest BCUT2D eigenvalue weighted by Gasteiger charge is -2.64. The molecule has 6 fully saturated rings. The molecule has 0 radical (unpaired) electrons. The molecule has 4 saturated carbocycles. The molecule has 28 heavy (non-hydrogen) atoms. The minimum atomic E-state index is -1.07. The van der Waals surface area contributed by atoms with Crippen LogP contribution in [0.3, 0.4) is 0 Å². The van der Waals surface area contributed by atoms with E-state index in [-0.39, 0.29) is 24.7 Å². The highest BCUT2D eigenvalue weighted by atomic mass is 16.7. The van der Waals surface area contributed by atoms with Crippen LogP contribution in [0.2, 0.25) is 6.32 Å². The van der Waals surface area contributed by atoms with Crippen molar-refractivity contribution in [1.82, 2.24) is 5.32 Å². The van der Waals surface area contributed by atoms with Crippen molar-refractivity contribution in [3.8, 4) is 0 Å². The van der Waals surface area contributed by atoms with Crippen molar-refractivity contribution >= 4 is 13.1 Å². The fourth-order valence-electron chi connectivity index (χ4n) is 7.71. The Balaban J connectivity index is 1.20. The topological polar surface area (TPSA) is 93.8 Å². The molecule has 0 amide bonds. The molecular formula is C21H35BN2O4. The summed E-state index contributed by atoms with van der Waals surface area (Å²) in [6, 6.07) is 0. The highest BCUT2D eigenvalue weighted by Gasteiger charge is 2.67. The number of rotatable bonds is 5. The smallest absolute Gasteiger partial charge is 0.457 e. The molecule has 0 unspecified atom stereocenters. The minimum Gasteiger partial charge on any atom is -0.480 e. The Hall–Kier alpha value is -0.625. The lowest BCUT2D eigenvalue weighted by atomic mass is 9.43. The molecule has 6 nitrogen and oxygen atoms in total. The van der Waals surface area contributed by atoms with Gasteiger partial charge in [-0.1, -0.05) is 20.3 Å². The summed E-state index contributed by atoms with van der Waals surface area (Å²) in [6.07, 6.45) is 5.78. The van der Waals surface area contributed by atoms with Crippen LogP contribution in [-0.4, -0.2) is 48.5 Å². The molecule has 4 N–H and O–H groups in total. The molecule has 6 rings (SSSR count). The van der Waals surface area contributed by atoms with Crippen molar-refractivity contribution < 1.29 is 19.2 Å². The third kappa shape index (κ3) is 2.52. The third-order valence-electron chi connectivity index (χ3n) is 9.53. The van der Waals surface area contributed by atoms with Crippen molar-refractivity contribution in [2.75, 3.05) is 13.1 Å². The van der Waals surface area contributed by atoms with E-state index in [0.29, 0.717) is 29.6 Å². The number of nitrogens with two attached hydrogens (primary N) is 1. The number of fused-ring (bicyclic) bond motifs is 1. The van der Waals surface area contributed by atoms with E-state index in [9.17, 15) is 9.90 Å². The molecule has 2 aliphatic heterocycles. The van der Waals surface area contributed by atoms with Gasteiger partial charge >= 0.3 is 13.1 Å². The fraction of sp³-hybridized carbons (Fsp3) is 0.952. The molecule has 6 aliphatic rings. The van der Waals surface area contributed by atoms with Gasteiger partial charge in [-0.3, -0.25) is 4.79 Å². The van der Waals surface area contributed by atoms with Crippen LogP contribution < -0.4 is 11.1 Å². The average molecular weight is 390 g/mol. The summed E-state index contributed by atoms with van der Waals surface area (Å²) >= 11 is 0. The zero-order valence-electron chi connectivity index (χ0n) is 17.4. The van der Waals surface area contributed by atoms with Crippen LogP contribution in [0.4, 0.5) is 0 Å². The highest BCUT2D eigenvalue weighted by molar-refractivity contribution is 6.45. The van der Waals surface area contributed by atoms with Gasteiger partial charge in [0.15, 0.2) is 0 Å². The van der Waals surface area contributed by atoms with Crippen LogP contribution in [0.15, 0.2) is 0 Å². The van der Waals surface area contributed by atoms with Crippen molar-refractivity contribution in [3.05, 3.63) is 0 Å². The van der Waals surface area contributed by atoms with Gasteiger partial charge in [-0.25, -0.2) is 0 Å². The normalized spacial score (nSPS) is 50.9. The summed E-state index contributed by atoms with van der Waals surface area (Å²) in [7, 11) is -0.152. The van der Waals surface area contributed by atoms with Crippen LogP contribution in [-0.2, 0) is 14.1 Å². The van der Waals surface area contributed by atoms with Crippen LogP contribution >= 0.6 is 0 Å². The van der Waals surface area contributed by atoms with E-state index in [1.807, 2.05) is 0 Å². The molecule has 2 saturated heterocycles. The zero-order chi connectivity index (χ0) is 19.9. The van der Waals surface area contributed by atoms with Crippen molar-refractivity contribution in [1.29, 1.82) is 0 Å². The van der Waals surface area contributed by atoms with Crippen molar-refractivity contribution in [3.63, 3.8) is 0 Å². The standard InChI is InChI=1S/C21H35BN2O4/c1-19(2)13-7-16(19)20(3)17(8-13)27-22(28-20)6-4-5-15-14-11-24-10-12(14)9-21(15,23)18(25)26/h12-17,24H,4-11,23H2,1-3H3,(H,25,26)/t12-,13+,14+,15-,16+,17-,20+,21-/m0/s1. The molecule has 156 valence electrons. The number of carboxylic acids is 1. The van der Waals surface area contributed by atoms with Crippen LogP contribution in [0.25, 0.3) is 0 Å². The summed E-state index contributed by atoms with van der Waals surface area (Å²) in [4.78, 5) is 11.9. The van der Waals surface area contributed by atoms with Gasteiger partial charge in [0, 0.05) is 0 Å². The summed E-state index contributed by atoms with van der Waals surface area (Å²) in [5.41, 5.74) is 5.54. The van der Waals surface area contributed by atoms with Gasteiger partial charge in [0.05, 0.1) is 11.7 Å². The number of hydrogen-bond donors (Lipinski definition) is 3. The summed E-state index contributed by atoms with van der Waals surface area (Å²) < 4.78 is 12.8. The molecule has 8 atom stereocenters. The van der Waals surface area contributed by atoms with Gasteiger partial charge in [0.25, 0.3) is 0 Å². The fourth-order valence-corrected chi connectivity index (χ4v) is 7.71. The van der Waals surface area contributed by atoms with Crippen molar-refractivity contribution in [2.45, 2.75) is 76.4 Å². The maximum atomic E-state index is 11.9. The van der Waals surface area contributed by atoms with E-state index in [4.69, 9.17) is 15.0 Å². The maximum Gasteiger partial charge on any atom is 0.457 e. The van der Waals surface area contributed by atoms with Gasteiger partial charge in [-0.15, -0.1) is 0 Å². The monoisotopic (exact) mass is 390 g/mol. The Kier molecular flexibility index (Phi) is 4.28. The number of aliphatic carboxylic acids is 1. The van der Waals surface area contributed by atoms with Gasteiger partial charge in [0.2, 0.25) is 0 Å². The largest absolute Gasteiger partial charge is 0.480 e. The molecule has 0 aromatic heterocycles. The van der Waals surface area contributed by atoms with E-state index in [1.165, 1.54) is 6.42 Å². The first-order chi connectivity index (χ1) is 13.2. The number of hydrogen-bond acceptors (Lipinski definition) is 5. The Morgan fingerprint density at radius 3 is 2.79 bits per heavy atom. The summed E-state index contributed by atoms with van der Waals surface area (Å²) in [5, 5.41) is 13.2. The first-order valence-electron chi connectivity index (χ1n) is 11.2. The molecule has 2 bridgehead atoms. The second kappa shape index (κ2) is 6.19. The first kappa shape index (κ1) is 19.3. The summed E-state index contributed by atoms with van der Waals surface area (Å²) in [6.45, 7) is 8.81. The Labute approximate surface area is 168 Å². The predicted octanol–water partition coefficient (Wildman–Crippen LogP) is 2.13.